The van der Waals surface area contributed by atoms with Crippen LogP contribution in [0, 0.1) is 0 Å². The molecule has 0 aliphatic heterocycles. The Morgan fingerprint density at radius 3 is 2.95 bits per heavy atom. The molecule has 0 amide bonds. The summed E-state index contributed by atoms with van der Waals surface area (Å²) in [6.07, 6.45) is 4.48. The first-order valence-electron chi connectivity index (χ1n) is 5.62. The second-order valence-electron chi connectivity index (χ2n) is 4.12. The number of imidazole rings is 1. The Hall–Kier alpha value is -2.76. The molecule has 6 heteroatoms. The molecular formula is C13H10N4O2. The SMILES string of the molecule is Cn1cnc2c(-c3cncc(C(=O)O)n3)cccc21. The third-order valence-electron chi connectivity index (χ3n) is 2.88. The predicted octanol–water partition coefficient (Wildman–Crippen LogP) is 1.73. The van der Waals surface area contributed by atoms with Gasteiger partial charge in [-0.05, 0) is 6.07 Å². The lowest BCUT2D eigenvalue weighted by atomic mass is 10.1. The van der Waals surface area contributed by atoms with Gasteiger partial charge in [0.25, 0.3) is 0 Å². The van der Waals surface area contributed by atoms with Gasteiger partial charge in [0, 0.05) is 12.6 Å². The number of carboxylic acid groups (broad SMARTS) is 1. The number of nitrogens with zero attached hydrogens (tertiary/aromatic N) is 4. The number of aromatic carboxylic acids is 1. The summed E-state index contributed by atoms with van der Waals surface area (Å²) in [4.78, 5) is 23.3. The van der Waals surface area contributed by atoms with Crippen LogP contribution in [0.5, 0.6) is 0 Å². The molecule has 0 saturated carbocycles. The van der Waals surface area contributed by atoms with Crippen LogP contribution in [0.3, 0.4) is 0 Å². The zero-order chi connectivity index (χ0) is 13.4. The van der Waals surface area contributed by atoms with E-state index in [4.69, 9.17) is 5.11 Å². The molecular weight excluding hydrogens is 244 g/mol. The highest BCUT2D eigenvalue weighted by atomic mass is 16.4. The molecule has 0 atom stereocenters. The fourth-order valence-electron chi connectivity index (χ4n) is 1.96. The van der Waals surface area contributed by atoms with Gasteiger partial charge in [-0.1, -0.05) is 12.1 Å². The number of hydrogen-bond donors (Lipinski definition) is 1. The van der Waals surface area contributed by atoms with Crippen molar-refractivity contribution in [3.05, 3.63) is 42.6 Å². The van der Waals surface area contributed by atoms with Gasteiger partial charge in [-0.15, -0.1) is 0 Å². The lowest BCUT2D eigenvalue weighted by molar-refractivity contribution is 0.0690. The van der Waals surface area contributed by atoms with Gasteiger partial charge >= 0.3 is 5.97 Å². The van der Waals surface area contributed by atoms with Gasteiger partial charge in [-0.25, -0.2) is 14.8 Å². The molecule has 6 nitrogen and oxygen atoms in total. The van der Waals surface area contributed by atoms with Gasteiger partial charge in [0.2, 0.25) is 0 Å². The molecule has 0 aliphatic carbocycles. The summed E-state index contributed by atoms with van der Waals surface area (Å²) in [5.41, 5.74) is 2.94. The summed E-state index contributed by atoms with van der Waals surface area (Å²) < 4.78 is 1.90. The Morgan fingerprint density at radius 1 is 1.32 bits per heavy atom. The number of rotatable bonds is 2. The molecule has 2 aromatic heterocycles. The van der Waals surface area contributed by atoms with Crippen molar-refractivity contribution in [1.29, 1.82) is 0 Å². The summed E-state index contributed by atoms with van der Waals surface area (Å²) in [5, 5.41) is 8.95. The van der Waals surface area contributed by atoms with Crippen molar-refractivity contribution < 1.29 is 9.90 Å². The van der Waals surface area contributed by atoms with Gasteiger partial charge < -0.3 is 9.67 Å². The molecule has 0 aliphatic rings. The van der Waals surface area contributed by atoms with Crippen LogP contribution in [0.1, 0.15) is 10.5 Å². The average molecular weight is 254 g/mol. The second-order valence-corrected chi connectivity index (χ2v) is 4.12. The maximum absolute atomic E-state index is 10.9. The Kier molecular flexibility index (Phi) is 2.49. The molecule has 0 fully saturated rings. The largest absolute Gasteiger partial charge is 0.476 e. The van der Waals surface area contributed by atoms with E-state index in [0.717, 1.165) is 16.6 Å². The molecule has 0 radical (unpaired) electrons. The van der Waals surface area contributed by atoms with Crippen molar-refractivity contribution >= 4 is 17.0 Å². The first-order valence-corrected chi connectivity index (χ1v) is 5.62. The number of para-hydroxylation sites is 1. The van der Waals surface area contributed by atoms with Crippen LogP contribution >= 0.6 is 0 Å². The highest BCUT2D eigenvalue weighted by Gasteiger charge is 2.11. The van der Waals surface area contributed by atoms with E-state index in [9.17, 15) is 4.79 Å². The third-order valence-corrected chi connectivity index (χ3v) is 2.88. The van der Waals surface area contributed by atoms with Crippen LogP contribution in [-0.2, 0) is 7.05 Å². The van der Waals surface area contributed by atoms with E-state index in [-0.39, 0.29) is 5.69 Å². The summed E-state index contributed by atoms with van der Waals surface area (Å²) in [7, 11) is 1.90. The van der Waals surface area contributed by atoms with Crippen molar-refractivity contribution in [2.24, 2.45) is 7.05 Å². The van der Waals surface area contributed by atoms with Gasteiger partial charge in [0.1, 0.15) is 0 Å². The molecule has 2 heterocycles. The Balaban J connectivity index is 2.24. The lowest BCUT2D eigenvalue weighted by Gasteiger charge is -2.03. The summed E-state index contributed by atoms with van der Waals surface area (Å²) in [5.74, 6) is -1.09. The molecule has 3 rings (SSSR count). The zero-order valence-electron chi connectivity index (χ0n) is 10.1. The average Bonchev–Trinajstić information content (AvgIpc) is 2.81. The number of hydrogen-bond acceptors (Lipinski definition) is 4. The van der Waals surface area contributed by atoms with Crippen molar-refractivity contribution in [2.45, 2.75) is 0 Å². The van der Waals surface area contributed by atoms with E-state index in [1.807, 2.05) is 29.8 Å². The van der Waals surface area contributed by atoms with E-state index in [1.165, 1.54) is 12.4 Å². The minimum Gasteiger partial charge on any atom is -0.476 e. The molecule has 0 bridgehead atoms. The fraction of sp³-hybridized carbons (Fsp3) is 0.0769. The summed E-state index contributed by atoms with van der Waals surface area (Å²) in [6, 6.07) is 5.68. The van der Waals surface area contributed by atoms with E-state index in [0.29, 0.717) is 5.69 Å². The standard InChI is InChI=1S/C13H10N4O2/c1-17-7-15-12-8(3-2-4-11(12)17)9-5-14-6-10(16-9)13(18)19/h2-7H,1H3,(H,18,19). The highest BCUT2D eigenvalue weighted by molar-refractivity contribution is 5.92. The van der Waals surface area contributed by atoms with Crippen molar-refractivity contribution in [3.63, 3.8) is 0 Å². The Morgan fingerprint density at radius 2 is 2.16 bits per heavy atom. The van der Waals surface area contributed by atoms with Crippen LogP contribution in [0.2, 0.25) is 0 Å². The Labute approximate surface area is 108 Å². The van der Waals surface area contributed by atoms with Crippen LogP contribution in [0.25, 0.3) is 22.3 Å². The molecule has 0 spiro atoms. The first kappa shape index (κ1) is 11.3. The van der Waals surface area contributed by atoms with Crippen LogP contribution in [0.15, 0.2) is 36.9 Å². The molecule has 0 unspecified atom stereocenters. The monoisotopic (exact) mass is 254 g/mol. The zero-order valence-corrected chi connectivity index (χ0v) is 10.1. The van der Waals surface area contributed by atoms with Gasteiger partial charge in [0.05, 0.1) is 35.4 Å². The van der Waals surface area contributed by atoms with Crippen LogP contribution in [0.4, 0.5) is 0 Å². The van der Waals surface area contributed by atoms with Gasteiger partial charge in [-0.3, -0.25) is 4.98 Å². The van der Waals surface area contributed by atoms with Crippen molar-refractivity contribution in [3.8, 4) is 11.3 Å². The minimum atomic E-state index is -1.09. The number of carbonyl (C=O) groups is 1. The minimum absolute atomic E-state index is 0.0783. The van der Waals surface area contributed by atoms with E-state index >= 15 is 0 Å². The van der Waals surface area contributed by atoms with Crippen molar-refractivity contribution in [1.82, 2.24) is 19.5 Å². The van der Waals surface area contributed by atoms with Crippen molar-refractivity contribution in [2.75, 3.05) is 0 Å². The lowest BCUT2D eigenvalue weighted by Crippen LogP contribution is -2.02. The number of aryl methyl sites for hydroxylation is 1. The molecule has 1 aromatic carbocycles. The Bertz CT molecular complexity index is 779. The molecule has 1 N–H and O–H groups in total. The van der Waals surface area contributed by atoms with E-state index < -0.39 is 5.97 Å². The molecule has 94 valence electrons. The molecule has 19 heavy (non-hydrogen) atoms. The number of fused-ring (bicyclic) bond motifs is 1. The third kappa shape index (κ3) is 1.83. The van der Waals surface area contributed by atoms with E-state index in [2.05, 4.69) is 15.0 Å². The van der Waals surface area contributed by atoms with Gasteiger partial charge in [-0.2, -0.15) is 0 Å². The van der Waals surface area contributed by atoms with Crippen LogP contribution < -0.4 is 0 Å². The second kappa shape index (κ2) is 4.16. The van der Waals surface area contributed by atoms with Gasteiger partial charge in [0.15, 0.2) is 5.69 Å². The van der Waals surface area contributed by atoms with E-state index in [1.54, 1.807) is 6.33 Å². The van der Waals surface area contributed by atoms with Crippen LogP contribution in [-0.4, -0.2) is 30.6 Å². The number of carboxylic acids is 1. The highest BCUT2D eigenvalue weighted by Crippen LogP contribution is 2.25. The maximum atomic E-state index is 10.9. The maximum Gasteiger partial charge on any atom is 0.356 e. The quantitative estimate of drug-likeness (QED) is 0.753. The smallest absolute Gasteiger partial charge is 0.356 e. The number of aromatic nitrogens is 4. The summed E-state index contributed by atoms with van der Waals surface area (Å²) in [6.45, 7) is 0. The fourth-order valence-corrected chi connectivity index (χ4v) is 1.96. The predicted molar refractivity (Wildman–Crippen MR) is 68.7 cm³/mol. The first-order chi connectivity index (χ1) is 9.16. The molecule has 3 aromatic rings. The topological polar surface area (TPSA) is 80.9 Å². The number of benzene rings is 1. The normalized spacial score (nSPS) is 10.8. The summed E-state index contributed by atoms with van der Waals surface area (Å²) >= 11 is 0. The molecule has 0 saturated heterocycles.